The average Bonchev–Trinajstić information content (AvgIpc) is 3.67. The van der Waals surface area contributed by atoms with E-state index in [4.69, 9.17) is 33.5 Å². The van der Waals surface area contributed by atoms with Gasteiger partial charge in [-0.05, 0) is 17.7 Å². The van der Waals surface area contributed by atoms with E-state index in [-0.39, 0.29) is 28.5 Å². The van der Waals surface area contributed by atoms with Crippen molar-refractivity contribution in [2.75, 3.05) is 32.2 Å². The van der Waals surface area contributed by atoms with Gasteiger partial charge < -0.3 is 29.4 Å². The first kappa shape index (κ1) is 38.9. The van der Waals surface area contributed by atoms with Crippen molar-refractivity contribution < 1.29 is 55.4 Å². The van der Waals surface area contributed by atoms with E-state index >= 15 is 8.78 Å². The first-order valence-corrected chi connectivity index (χ1v) is 20.6. The first-order valence-electron chi connectivity index (χ1n) is 15.7. The van der Waals surface area contributed by atoms with Crippen LogP contribution in [0.4, 0.5) is 14.6 Å². The van der Waals surface area contributed by atoms with Crippen molar-refractivity contribution >= 4 is 48.7 Å². The lowest BCUT2D eigenvalue weighted by atomic mass is 10.0. The topological polar surface area (TPSA) is 251 Å². The molecule has 2 fully saturated rings. The van der Waals surface area contributed by atoms with E-state index in [1.54, 1.807) is 12.1 Å². The number of nitrogens with one attached hydrogen (secondary N) is 1. The maximum Gasteiger partial charge on any atom is 0.474 e. The Labute approximate surface area is 301 Å². The molecule has 0 amide bonds. The number of esters is 1. The van der Waals surface area contributed by atoms with Gasteiger partial charge in [0.2, 0.25) is 0 Å². The van der Waals surface area contributed by atoms with E-state index in [2.05, 4.69) is 15.0 Å². The molecule has 1 aromatic carbocycles. The van der Waals surface area contributed by atoms with Gasteiger partial charge in [-0.2, -0.15) is 0 Å². The summed E-state index contributed by atoms with van der Waals surface area (Å²) in [6.45, 7) is -4.48. The fourth-order valence-electron chi connectivity index (χ4n) is 5.71. The Morgan fingerprint density at radius 2 is 1.83 bits per heavy atom. The van der Waals surface area contributed by atoms with Gasteiger partial charge in [0, 0.05) is 44.1 Å². The number of fused-ring (bicyclic) bond motifs is 2. The highest BCUT2D eigenvalue weighted by Crippen LogP contribution is 2.64. The molecule has 0 saturated carbocycles. The third kappa shape index (κ3) is 8.77. The maximum absolute atomic E-state index is 16.6. The number of methoxy groups -OCH3 is 1. The number of nitrogen functional groups attached to an aromatic ring is 1. The second-order valence-corrected chi connectivity index (χ2v) is 18.1. The van der Waals surface area contributed by atoms with E-state index < -0.39 is 93.9 Å². The molecule has 4 aromatic rings. The van der Waals surface area contributed by atoms with E-state index in [9.17, 15) is 28.4 Å². The molecule has 2 unspecified atom stereocenters. The summed E-state index contributed by atoms with van der Waals surface area (Å²) in [6.07, 6.45) is -8.77. The molecule has 6 rings (SSSR count). The van der Waals surface area contributed by atoms with Crippen LogP contribution in [0.2, 0.25) is 0 Å². The Morgan fingerprint density at radius 1 is 1.08 bits per heavy atom. The summed E-state index contributed by atoms with van der Waals surface area (Å²) in [6, 6.07) is 7.20. The van der Waals surface area contributed by atoms with E-state index in [0.717, 1.165) is 52.5 Å². The first-order chi connectivity index (χ1) is 25.2. The largest absolute Gasteiger partial charge is 0.474 e. The number of imidazole rings is 1. The molecule has 53 heavy (non-hydrogen) atoms. The van der Waals surface area contributed by atoms with Gasteiger partial charge in [-0.3, -0.25) is 37.3 Å². The Balaban J connectivity index is 1.37. The summed E-state index contributed by atoms with van der Waals surface area (Å²) in [5.41, 5.74) is 4.64. The molecule has 0 radical (unpaired) electrons. The normalized spacial score (nSPS) is 31.2. The number of ether oxygens (including phenoxy) is 3. The van der Waals surface area contributed by atoms with Crippen LogP contribution in [0.3, 0.4) is 0 Å². The van der Waals surface area contributed by atoms with Crippen LogP contribution in [0.5, 0.6) is 5.75 Å². The quantitative estimate of drug-likeness (QED) is 0.138. The lowest BCUT2D eigenvalue weighted by Gasteiger charge is -2.29. The van der Waals surface area contributed by atoms with Crippen LogP contribution in [0, 0.1) is 5.92 Å². The van der Waals surface area contributed by atoms with E-state index in [1.807, 2.05) is 4.98 Å². The molecule has 3 aromatic heterocycles. The second kappa shape index (κ2) is 15.9. The molecular weight excluding hydrogens is 770 g/mol. The predicted molar refractivity (Wildman–Crippen MR) is 182 cm³/mol. The standard InChI is InChI=1S/C29H33F2N7O12P2S/c1-15(39)48-17-5-3-16(4-6-17)12-53-51(42)11-18-19(49-27(22(18)30)37-8-7-21(40)36-29(37)41)9-47-52(43,44)50-28(23(31)20(45-2)10-46-51)38-14-35-24-25(32)33-13-34-26(24)38/h3-8,13-14,18-20,22-23,27-28H,9-12H2,1-2H3,(H,43,44)(H2,32,33,34)(H,36,40,41)/t18-,19-,20-,22-,23-,27-,28-,51?/m1/s1. The molecule has 19 nitrogen and oxygen atoms in total. The van der Waals surface area contributed by atoms with Crippen LogP contribution in [0.15, 0.2) is 58.8 Å². The van der Waals surface area contributed by atoms with Crippen molar-refractivity contribution in [3.05, 3.63) is 75.6 Å². The number of aromatic amines is 1. The Bertz CT molecular complexity index is 2180. The van der Waals surface area contributed by atoms with Crippen LogP contribution in [-0.2, 0) is 42.7 Å². The number of nitrogens with zero attached hydrogens (tertiary/aromatic N) is 5. The molecule has 2 aliphatic heterocycles. The van der Waals surface area contributed by atoms with E-state index in [0.29, 0.717) is 5.56 Å². The number of rotatable bonds is 7. The number of carbonyl (C=O) groups is 1. The number of phosphoric acid groups is 1. The molecule has 0 aliphatic carbocycles. The highest BCUT2D eigenvalue weighted by molar-refractivity contribution is 8.56. The number of nitrogens with two attached hydrogens (primary N) is 1. The zero-order valence-corrected chi connectivity index (χ0v) is 30.4. The highest BCUT2D eigenvalue weighted by Gasteiger charge is 2.51. The molecule has 5 heterocycles. The van der Waals surface area contributed by atoms with Gasteiger partial charge >= 0.3 is 19.5 Å². The summed E-state index contributed by atoms with van der Waals surface area (Å²) in [5.74, 6) is -1.75. The van der Waals surface area contributed by atoms with Gasteiger partial charge in [0.05, 0.1) is 25.6 Å². The number of halogens is 2. The summed E-state index contributed by atoms with van der Waals surface area (Å²) in [4.78, 5) is 60.5. The minimum Gasteiger partial charge on any atom is -0.427 e. The monoisotopic (exact) mass is 803 g/mol. The van der Waals surface area contributed by atoms with Crippen molar-refractivity contribution in [1.82, 2.24) is 29.1 Å². The van der Waals surface area contributed by atoms with Crippen molar-refractivity contribution in [3.63, 3.8) is 0 Å². The highest BCUT2D eigenvalue weighted by atomic mass is 32.7. The molecular formula is C29H33F2N7O12P2S. The summed E-state index contributed by atoms with van der Waals surface area (Å²) < 4.78 is 95.6. The van der Waals surface area contributed by atoms with E-state index in [1.165, 1.54) is 19.1 Å². The van der Waals surface area contributed by atoms with Gasteiger partial charge in [-0.15, -0.1) is 0 Å². The molecule has 9 atom stereocenters. The van der Waals surface area contributed by atoms with Crippen LogP contribution < -0.4 is 21.7 Å². The fourth-order valence-corrected chi connectivity index (χ4v) is 11.0. The molecule has 4 N–H and O–H groups in total. The van der Waals surface area contributed by atoms with Crippen LogP contribution in [0.25, 0.3) is 11.2 Å². The van der Waals surface area contributed by atoms with Gasteiger partial charge in [-0.25, -0.2) is 33.1 Å². The Morgan fingerprint density at radius 3 is 2.53 bits per heavy atom. The van der Waals surface area contributed by atoms with Crippen molar-refractivity contribution in [1.29, 1.82) is 0 Å². The third-order valence-electron chi connectivity index (χ3n) is 8.32. The minimum atomic E-state index is -5.27. The third-order valence-corrected chi connectivity index (χ3v) is 13.9. The summed E-state index contributed by atoms with van der Waals surface area (Å²) in [5, 5.41) is 0. The van der Waals surface area contributed by atoms with Gasteiger partial charge in [0.25, 0.3) is 12.1 Å². The van der Waals surface area contributed by atoms with Gasteiger partial charge in [0.1, 0.15) is 23.7 Å². The molecule has 2 aliphatic rings. The SMILES string of the molecule is CO[C@@H]1COP(=O)(SCc2ccc(OC(C)=O)cc2)C[C@H]2[C@@H](F)[C@H](n3ccc(=O)[nH]c3=O)O[C@@H]2COP(=O)(O)O[C@@H](n2cnc3c(N)ncnc32)[C@@H]1F. The number of anilines is 1. The second-order valence-electron chi connectivity index (χ2n) is 11.9. The zero-order chi connectivity index (χ0) is 38.1. The lowest BCUT2D eigenvalue weighted by Crippen LogP contribution is -2.37. The number of aromatic nitrogens is 6. The molecule has 0 spiro atoms. The van der Waals surface area contributed by atoms with Crippen molar-refractivity contribution in [2.45, 2.75) is 49.7 Å². The summed E-state index contributed by atoms with van der Waals surface area (Å²) >= 11 is 0.784. The Kier molecular flexibility index (Phi) is 11.6. The van der Waals surface area contributed by atoms with Crippen molar-refractivity contribution in [2.24, 2.45) is 5.92 Å². The maximum atomic E-state index is 16.6. The van der Waals surface area contributed by atoms with Crippen LogP contribution in [0.1, 0.15) is 24.9 Å². The molecule has 0 bridgehead atoms. The number of alkyl halides is 2. The number of benzene rings is 1. The number of hydrogen-bond acceptors (Lipinski definition) is 16. The summed E-state index contributed by atoms with van der Waals surface area (Å²) in [7, 11) is -4.16. The zero-order valence-electron chi connectivity index (χ0n) is 27.8. The minimum absolute atomic E-state index is 0.0164. The van der Waals surface area contributed by atoms with Gasteiger partial charge in [0.15, 0.2) is 36.3 Å². The smallest absolute Gasteiger partial charge is 0.427 e. The van der Waals surface area contributed by atoms with Crippen molar-refractivity contribution in [3.8, 4) is 5.75 Å². The Hall–Kier alpha value is -3.85. The molecule has 24 heteroatoms. The average molecular weight is 804 g/mol. The van der Waals surface area contributed by atoms with Gasteiger partial charge in [-0.1, -0.05) is 23.5 Å². The molecule has 2 saturated heterocycles. The fraction of sp³-hybridized carbons (Fsp3) is 0.448. The molecule has 286 valence electrons. The lowest BCUT2D eigenvalue weighted by molar-refractivity contribution is -0.131. The number of phosphoric ester groups is 1. The van der Waals surface area contributed by atoms with Crippen LogP contribution >= 0.6 is 25.8 Å². The number of carbonyl (C=O) groups excluding carboxylic acids is 1. The van der Waals surface area contributed by atoms with Crippen LogP contribution in [-0.4, -0.2) is 91.0 Å². The number of H-pyrrole nitrogens is 1. The predicted octanol–water partition coefficient (Wildman–Crippen LogP) is 2.88. The number of hydrogen-bond donors (Lipinski definition) is 3.